The number of fused-ring (bicyclic) bond motifs is 1. The number of aryl methyl sites for hydroxylation is 1. The normalized spacial score (nSPS) is 18.5. The summed E-state index contributed by atoms with van der Waals surface area (Å²) in [5.41, 5.74) is 1.70. The summed E-state index contributed by atoms with van der Waals surface area (Å²) in [6, 6.07) is 1.36. The lowest BCUT2D eigenvalue weighted by Crippen LogP contribution is -2.57. The highest BCUT2D eigenvalue weighted by molar-refractivity contribution is 7.89. The molecule has 0 saturated carbocycles. The highest BCUT2D eigenvalue weighted by Gasteiger charge is 2.36. The number of imidazole rings is 1. The van der Waals surface area contributed by atoms with Crippen molar-refractivity contribution in [3.63, 3.8) is 0 Å². The maximum atomic E-state index is 13.6. The lowest BCUT2D eigenvalue weighted by atomic mass is 10.1. The average molecular weight is 626 g/mol. The molecule has 12 nitrogen and oxygen atoms in total. The molecule has 0 bridgehead atoms. The van der Waals surface area contributed by atoms with E-state index in [9.17, 15) is 13.2 Å². The maximum absolute atomic E-state index is 13.6. The Bertz CT molecular complexity index is 1490. The standard InChI is InChI=1S/C31H43N7O5S/c1-3-4-5-6-7-8-17-44(40,41)38-15-14-36(29-18-24(2)34-31(35-29)37-13-12-32-23-37)21-26(38)20-30(39)33-11-9-25-19-28-27(43-22-25)10-16-42-28/h10,12-13,18-19,22-23,26H,3-9,11,14-17,20-21H2,1-2H3,(H,33,39). The van der Waals surface area contributed by atoms with Crippen LogP contribution < -0.4 is 10.2 Å². The van der Waals surface area contributed by atoms with E-state index in [1.807, 2.05) is 30.0 Å². The Balaban J connectivity index is 1.24. The van der Waals surface area contributed by atoms with Gasteiger partial charge in [-0.15, -0.1) is 0 Å². The summed E-state index contributed by atoms with van der Waals surface area (Å²) in [6.45, 7) is 6.06. The van der Waals surface area contributed by atoms with Crippen molar-refractivity contribution in [1.29, 1.82) is 0 Å². The number of piperazine rings is 1. The monoisotopic (exact) mass is 625 g/mol. The number of nitrogens with one attached hydrogen (secondary N) is 1. The molecule has 13 heteroatoms. The van der Waals surface area contributed by atoms with E-state index in [1.54, 1.807) is 33.9 Å². The summed E-state index contributed by atoms with van der Waals surface area (Å²) >= 11 is 0. The van der Waals surface area contributed by atoms with E-state index in [-0.39, 0.29) is 24.6 Å². The number of sulfonamides is 1. The van der Waals surface area contributed by atoms with E-state index in [0.29, 0.717) is 56.6 Å². The summed E-state index contributed by atoms with van der Waals surface area (Å²) in [5.74, 6) is 2.51. The number of nitrogens with zero attached hydrogens (tertiary/aromatic N) is 6. The first-order chi connectivity index (χ1) is 21.3. The van der Waals surface area contributed by atoms with Crippen molar-refractivity contribution in [2.75, 3.05) is 43.4 Å². The third-order valence-electron chi connectivity index (χ3n) is 7.99. The van der Waals surface area contributed by atoms with Crippen LogP contribution in [0.25, 0.3) is 5.95 Å². The fraction of sp³-hybridized carbons (Fsp3) is 0.548. The summed E-state index contributed by atoms with van der Waals surface area (Å²) < 4.78 is 41.6. The molecule has 1 unspecified atom stereocenters. The van der Waals surface area contributed by atoms with Crippen molar-refractivity contribution in [1.82, 2.24) is 29.1 Å². The second-order valence-corrected chi connectivity index (χ2v) is 13.5. The Labute approximate surface area is 259 Å². The predicted molar refractivity (Wildman–Crippen MR) is 167 cm³/mol. The van der Waals surface area contributed by atoms with Gasteiger partial charge >= 0.3 is 0 Å². The summed E-state index contributed by atoms with van der Waals surface area (Å²) in [6.07, 6.45) is 17.2. The lowest BCUT2D eigenvalue weighted by molar-refractivity contribution is -0.121. The van der Waals surface area contributed by atoms with Crippen LogP contribution >= 0.6 is 0 Å². The lowest BCUT2D eigenvalue weighted by Gasteiger charge is -2.41. The Morgan fingerprint density at radius 1 is 1.11 bits per heavy atom. The number of hydrogen-bond donors (Lipinski definition) is 1. The fourth-order valence-corrected chi connectivity index (χ4v) is 7.41. The molecule has 3 aliphatic rings. The van der Waals surface area contributed by atoms with Gasteiger partial charge < -0.3 is 19.7 Å². The van der Waals surface area contributed by atoms with Gasteiger partial charge in [0.25, 0.3) is 0 Å². The topological polar surface area (TPSA) is 132 Å². The van der Waals surface area contributed by atoms with Crippen LogP contribution in [0.4, 0.5) is 5.82 Å². The molecular weight excluding hydrogens is 582 g/mol. The first-order valence-corrected chi connectivity index (χ1v) is 17.2. The van der Waals surface area contributed by atoms with Gasteiger partial charge in [0.15, 0.2) is 11.5 Å². The minimum absolute atomic E-state index is 0.0529. The SMILES string of the molecule is CCCCCCCCS(=O)(=O)N1CCN(c2cc(C)nc(-n3ccnc3)n2)CC1CC(=O)NCCC1=COC2=CCOC2=C1. The number of carbonyl (C=O) groups is 1. The molecule has 0 aliphatic carbocycles. The Kier molecular flexibility index (Phi) is 10.7. The number of anilines is 1. The van der Waals surface area contributed by atoms with Crippen LogP contribution in [0.15, 0.2) is 60.3 Å². The average Bonchev–Trinajstić information content (AvgIpc) is 3.71. The molecule has 0 aromatic carbocycles. The van der Waals surface area contributed by atoms with Gasteiger partial charge in [-0.3, -0.25) is 9.36 Å². The van der Waals surface area contributed by atoms with Crippen LogP contribution in [0.1, 0.15) is 64.0 Å². The smallest absolute Gasteiger partial charge is 0.237 e. The maximum Gasteiger partial charge on any atom is 0.237 e. The van der Waals surface area contributed by atoms with Crippen molar-refractivity contribution < 1.29 is 22.7 Å². The number of rotatable bonds is 15. The van der Waals surface area contributed by atoms with Gasteiger partial charge in [-0.05, 0) is 37.5 Å². The number of allylic oxidation sites excluding steroid dienone is 1. The number of aromatic nitrogens is 4. The molecule has 238 valence electrons. The van der Waals surface area contributed by atoms with E-state index in [1.165, 1.54) is 6.42 Å². The Morgan fingerprint density at radius 2 is 1.95 bits per heavy atom. The van der Waals surface area contributed by atoms with E-state index in [4.69, 9.17) is 14.5 Å². The van der Waals surface area contributed by atoms with Gasteiger partial charge in [0, 0.05) is 56.8 Å². The molecule has 44 heavy (non-hydrogen) atoms. The van der Waals surface area contributed by atoms with Gasteiger partial charge in [0.1, 0.15) is 18.8 Å². The minimum atomic E-state index is -3.55. The summed E-state index contributed by atoms with van der Waals surface area (Å²) in [4.78, 5) is 28.6. The largest absolute Gasteiger partial charge is 0.485 e. The highest BCUT2D eigenvalue weighted by atomic mass is 32.2. The van der Waals surface area contributed by atoms with E-state index >= 15 is 0 Å². The molecule has 2 aromatic heterocycles. The summed E-state index contributed by atoms with van der Waals surface area (Å²) in [7, 11) is -3.55. The van der Waals surface area contributed by atoms with Gasteiger partial charge in [-0.1, -0.05) is 39.0 Å². The molecule has 2 aromatic rings. The quantitative estimate of drug-likeness (QED) is 0.294. The molecule has 1 fully saturated rings. The van der Waals surface area contributed by atoms with Crippen molar-refractivity contribution >= 4 is 21.7 Å². The van der Waals surface area contributed by atoms with Crippen LogP contribution in [-0.4, -0.2) is 82.7 Å². The predicted octanol–water partition coefficient (Wildman–Crippen LogP) is 3.76. The van der Waals surface area contributed by atoms with Crippen LogP contribution in [0.2, 0.25) is 0 Å². The number of unbranched alkanes of at least 4 members (excludes halogenated alkanes) is 5. The Morgan fingerprint density at radius 3 is 2.77 bits per heavy atom. The third kappa shape index (κ3) is 8.26. The third-order valence-corrected chi connectivity index (χ3v) is 9.99. The van der Waals surface area contributed by atoms with Crippen LogP contribution in [-0.2, 0) is 24.3 Å². The van der Waals surface area contributed by atoms with Crippen LogP contribution in [0, 0.1) is 6.92 Å². The van der Waals surface area contributed by atoms with Crippen molar-refractivity contribution in [2.24, 2.45) is 0 Å². The van der Waals surface area contributed by atoms with Gasteiger partial charge in [0.2, 0.25) is 21.9 Å². The zero-order valence-electron chi connectivity index (χ0n) is 25.7. The van der Waals surface area contributed by atoms with Crippen LogP contribution in [0.3, 0.4) is 0 Å². The van der Waals surface area contributed by atoms with E-state index in [0.717, 1.165) is 42.7 Å². The van der Waals surface area contributed by atoms with E-state index < -0.39 is 16.1 Å². The molecular formula is C31H43N7O5S. The van der Waals surface area contributed by atoms with Crippen molar-refractivity contribution in [3.05, 3.63) is 66.0 Å². The second-order valence-electron chi connectivity index (χ2n) is 11.4. The molecule has 5 rings (SSSR count). The second kappa shape index (κ2) is 14.8. The zero-order valence-corrected chi connectivity index (χ0v) is 26.5. The summed E-state index contributed by atoms with van der Waals surface area (Å²) in [5, 5.41) is 2.98. The van der Waals surface area contributed by atoms with Crippen molar-refractivity contribution in [3.8, 4) is 5.95 Å². The first-order valence-electron chi connectivity index (χ1n) is 15.6. The molecule has 0 radical (unpaired) electrons. The number of amides is 1. The molecule has 1 N–H and O–H groups in total. The van der Waals surface area contributed by atoms with E-state index in [2.05, 4.69) is 22.2 Å². The number of carbonyl (C=O) groups excluding carboxylic acids is 1. The highest BCUT2D eigenvalue weighted by Crippen LogP contribution is 2.27. The van der Waals surface area contributed by atoms with Gasteiger partial charge in [-0.25, -0.2) is 18.4 Å². The molecule has 1 atom stereocenters. The van der Waals surface area contributed by atoms with Crippen LogP contribution in [0.5, 0.6) is 0 Å². The number of hydrogen-bond acceptors (Lipinski definition) is 9. The van der Waals surface area contributed by atoms with Gasteiger partial charge in [-0.2, -0.15) is 9.29 Å². The molecule has 5 heterocycles. The minimum Gasteiger partial charge on any atom is -0.485 e. The van der Waals surface area contributed by atoms with Gasteiger partial charge in [0.05, 0.1) is 18.1 Å². The molecule has 1 saturated heterocycles. The molecule has 1 amide bonds. The molecule has 3 aliphatic heterocycles. The fourth-order valence-electron chi connectivity index (χ4n) is 5.66. The Hall–Kier alpha value is -3.71. The molecule has 0 spiro atoms. The number of ether oxygens (including phenoxy) is 2. The van der Waals surface area contributed by atoms with Crippen molar-refractivity contribution in [2.45, 2.75) is 71.3 Å². The first kappa shape index (κ1) is 31.7. The zero-order chi connectivity index (χ0) is 30.9.